The first-order chi connectivity index (χ1) is 15.6. The zero-order valence-electron chi connectivity index (χ0n) is 21.7. The van der Waals surface area contributed by atoms with Gasteiger partial charge in [-0.1, -0.05) is 27.7 Å². The first-order valence-electron chi connectivity index (χ1n) is 14.3. The SMILES string of the molecule is CC[C@]1(O)CC[C@@]2(C)[C@@H](CC[C@@H]3[C@@H]2CC[C@]2(C)[C@@H]([C@H](C)CCC(=O)C4(C#N)CC4)CC[C@@H]32)C1. The second-order valence-corrected chi connectivity index (χ2v) is 13.8. The number of aliphatic hydroxyl groups is 1. The Morgan fingerprint density at radius 3 is 2.39 bits per heavy atom. The minimum absolute atomic E-state index is 0.218. The van der Waals surface area contributed by atoms with Gasteiger partial charge in [-0.25, -0.2) is 0 Å². The summed E-state index contributed by atoms with van der Waals surface area (Å²) in [5, 5.41) is 20.4. The van der Waals surface area contributed by atoms with E-state index in [4.69, 9.17) is 0 Å². The Labute approximate surface area is 202 Å². The molecule has 5 rings (SSSR count). The average Bonchev–Trinajstić information content (AvgIpc) is 3.53. The molecule has 5 aliphatic rings. The van der Waals surface area contributed by atoms with Crippen LogP contribution in [-0.4, -0.2) is 16.5 Å². The lowest BCUT2D eigenvalue weighted by atomic mass is 9.43. The van der Waals surface area contributed by atoms with Crippen LogP contribution in [0.3, 0.4) is 0 Å². The minimum atomic E-state index is -0.599. The Morgan fingerprint density at radius 1 is 1.00 bits per heavy atom. The van der Waals surface area contributed by atoms with Gasteiger partial charge < -0.3 is 5.11 Å². The second kappa shape index (κ2) is 8.08. The van der Waals surface area contributed by atoms with E-state index in [1.54, 1.807) is 0 Å². The number of Topliss-reactive ketones (excluding diaryl/α,β-unsaturated/α-hetero) is 1. The third kappa shape index (κ3) is 3.64. The number of carbonyl (C=O) groups is 1. The molecule has 184 valence electrons. The van der Waals surface area contributed by atoms with Gasteiger partial charge in [-0.2, -0.15) is 5.26 Å². The number of hydrogen-bond acceptors (Lipinski definition) is 3. The van der Waals surface area contributed by atoms with Gasteiger partial charge in [0.05, 0.1) is 11.7 Å². The van der Waals surface area contributed by atoms with Gasteiger partial charge in [0.2, 0.25) is 0 Å². The molecular weight excluding hydrogens is 406 g/mol. The van der Waals surface area contributed by atoms with Crippen molar-refractivity contribution < 1.29 is 9.90 Å². The maximum Gasteiger partial charge on any atom is 0.153 e. The van der Waals surface area contributed by atoms with Crippen molar-refractivity contribution in [3.05, 3.63) is 0 Å². The molecule has 33 heavy (non-hydrogen) atoms. The van der Waals surface area contributed by atoms with Crippen LogP contribution in [0, 0.1) is 63.1 Å². The number of fused-ring (bicyclic) bond motifs is 5. The van der Waals surface area contributed by atoms with Gasteiger partial charge >= 0.3 is 0 Å². The highest BCUT2D eigenvalue weighted by molar-refractivity contribution is 5.90. The first kappa shape index (κ1) is 23.8. The third-order valence-corrected chi connectivity index (χ3v) is 12.6. The Kier molecular flexibility index (Phi) is 5.84. The van der Waals surface area contributed by atoms with E-state index < -0.39 is 11.0 Å². The van der Waals surface area contributed by atoms with E-state index in [9.17, 15) is 15.2 Å². The van der Waals surface area contributed by atoms with Crippen molar-refractivity contribution in [1.82, 2.24) is 0 Å². The fraction of sp³-hybridized carbons (Fsp3) is 0.933. The molecule has 0 bridgehead atoms. The molecule has 0 saturated heterocycles. The normalized spacial score (nSPS) is 48.7. The molecule has 5 fully saturated rings. The molecule has 0 spiro atoms. The third-order valence-electron chi connectivity index (χ3n) is 12.6. The van der Waals surface area contributed by atoms with E-state index in [2.05, 4.69) is 33.8 Å². The second-order valence-electron chi connectivity index (χ2n) is 13.8. The molecule has 3 nitrogen and oxygen atoms in total. The van der Waals surface area contributed by atoms with Crippen LogP contribution in [-0.2, 0) is 4.79 Å². The topological polar surface area (TPSA) is 61.1 Å². The van der Waals surface area contributed by atoms with Crippen molar-refractivity contribution in [2.75, 3.05) is 0 Å². The van der Waals surface area contributed by atoms with Gasteiger partial charge in [-0.3, -0.25) is 4.79 Å². The number of nitriles is 1. The van der Waals surface area contributed by atoms with Crippen molar-refractivity contribution in [2.24, 2.45) is 51.8 Å². The molecule has 9 atom stereocenters. The van der Waals surface area contributed by atoms with Gasteiger partial charge in [-0.05, 0) is 130 Å². The number of hydrogen-bond donors (Lipinski definition) is 1. The highest BCUT2D eigenvalue weighted by atomic mass is 16.3. The lowest BCUT2D eigenvalue weighted by Gasteiger charge is -2.62. The monoisotopic (exact) mass is 453 g/mol. The summed E-state index contributed by atoms with van der Waals surface area (Å²) in [6, 6.07) is 2.30. The minimum Gasteiger partial charge on any atom is -0.390 e. The van der Waals surface area contributed by atoms with Crippen molar-refractivity contribution in [3.8, 4) is 6.07 Å². The Hall–Kier alpha value is -0.880. The van der Waals surface area contributed by atoms with Crippen LogP contribution in [0.5, 0.6) is 0 Å². The number of carbonyl (C=O) groups excluding carboxylic acids is 1. The maximum atomic E-state index is 12.6. The van der Waals surface area contributed by atoms with E-state index >= 15 is 0 Å². The summed E-state index contributed by atoms with van der Waals surface area (Å²) < 4.78 is 0. The van der Waals surface area contributed by atoms with Crippen LogP contribution in [0.2, 0.25) is 0 Å². The molecule has 0 unspecified atom stereocenters. The predicted octanol–water partition coefficient (Wildman–Crippen LogP) is 7.08. The van der Waals surface area contributed by atoms with Crippen LogP contribution in [0.25, 0.3) is 0 Å². The Morgan fingerprint density at radius 2 is 1.73 bits per heavy atom. The van der Waals surface area contributed by atoms with E-state index in [1.165, 1.54) is 44.9 Å². The van der Waals surface area contributed by atoms with Crippen molar-refractivity contribution in [3.63, 3.8) is 0 Å². The average molecular weight is 454 g/mol. The predicted molar refractivity (Wildman–Crippen MR) is 131 cm³/mol. The van der Waals surface area contributed by atoms with Crippen LogP contribution in [0.1, 0.15) is 118 Å². The van der Waals surface area contributed by atoms with Crippen LogP contribution >= 0.6 is 0 Å². The van der Waals surface area contributed by atoms with E-state index in [1.807, 2.05) is 0 Å². The summed E-state index contributed by atoms with van der Waals surface area (Å²) >= 11 is 0. The molecule has 0 radical (unpaired) electrons. The standard InChI is InChI=1S/C30H47NO2/c1-5-30(33)17-14-27(3)21(18-30)7-8-22-24-10-9-23(28(24,4)13-12-25(22)27)20(2)6-11-26(32)29(19-31)15-16-29/h20-25,33H,5-18H2,1-4H3/t20-,21+,22+,23-,24+,25+,27+,28-,30+/m1/s1. The van der Waals surface area contributed by atoms with Crippen LogP contribution < -0.4 is 0 Å². The Bertz CT molecular complexity index is 826. The zero-order valence-corrected chi connectivity index (χ0v) is 21.7. The molecule has 3 heteroatoms. The number of ketones is 1. The molecule has 5 aliphatic carbocycles. The van der Waals surface area contributed by atoms with Crippen molar-refractivity contribution in [1.29, 1.82) is 5.26 Å². The molecule has 0 aliphatic heterocycles. The molecule has 0 aromatic carbocycles. The summed E-state index contributed by atoms with van der Waals surface area (Å²) in [6.45, 7) is 9.76. The summed E-state index contributed by atoms with van der Waals surface area (Å²) in [7, 11) is 0. The summed E-state index contributed by atoms with van der Waals surface area (Å²) in [5.41, 5.74) is -0.149. The molecular formula is C30H47NO2. The fourth-order valence-electron chi connectivity index (χ4n) is 10.00. The van der Waals surface area contributed by atoms with Gasteiger partial charge in [0.15, 0.2) is 5.78 Å². The fourth-order valence-corrected chi connectivity index (χ4v) is 10.00. The summed E-state index contributed by atoms with van der Waals surface area (Å²) in [4.78, 5) is 12.6. The quantitative estimate of drug-likeness (QED) is 0.467. The molecule has 5 saturated carbocycles. The van der Waals surface area contributed by atoms with Gasteiger partial charge in [-0.15, -0.1) is 0 Å². The van der Waals surface area contributed by atoms with E-state index in [-0.39, 0.29) is 5.78 Å². The highest BCUT2D eigenvalue weighted by Crippen LogP contribution is 2.69. The molecule has 1 N–H and O–H groups in total. The Balaban J connectivity index is 1.26. The van der Waals surface area contributed by atoms with Crippen LogP contribution in [0.15, 0.2) is 0 Å². The van der Waals surface area contributed by atoms with Crippen LogP contribution in [0.4, 0.5) is 0 Å². The van der Waals surface area contributed by atoms with Crippen molar-refractivity contribution >= 4 is 5.78 Å². The molecule has 0 amide bonds. The van der Waals surface area contributed by atoms with E-state index in [0.717, 1.165) is 62.2 Å². The maximum absolute atomic E-state index is 12.6. The highest BCUT2D eigenvalue weighted by Gasteiger charge is 2.61. The molecule has 0 aromatic heterocycles. The lowest BCUT2D eigenvalue weighted by Crippen LogP contribution is -2.56. The summed E-state index contributed by atoms with van der Waals surface area (Å²) in [6.07, 6.45) is 15.4. The molecule has 0 aromatic rings. The summed E-state index contributed by atoms with van der Waals surface area (Å²) in [5.74, 6) is 4.79. The van der Waals surface area contributed by atoms with Gasteiger partial charge in [0, 0.05) is 6.42 Å². The van der Waals surface area contributed by atoms with Crippen molar-refractivity contribution in [2.45, 2.75) is 123 Å². The van der Waals surface area contributed by atoms with Gasteiger partial charge in [0.1, 0.15) is 5.41 Å². The van der Waals surface area contributed by atoms with Gasteiger partial charge in [0.25, 0.3) is 0 Å². The largest absolute Gasteiger partial charge is 0.390 e. The molecule has 0 heterocycles. The lowest BCUT2D eigenvalue weighted by molar-refractivity contribution is -0.152. The smallest absolute Gasteiger partial charge is 0.153 e. The zero-order chi connectivity index (χ0) is 23.6. The number of rotatable bonds is 6. The first-order valence-corrected chi connectivity index (χ1v) is 14.3. The van der Waals surface area contributed by atoms with E-state index in [0.29, 0.717) is 29.1 Å². The number of nitrogens with zero attached hydrogens (tertiary/aromatic N) is 1.